The zero-order chi connectivity index (χ0) is 14.6. The largest absolute Gasteiger partial charge is 0.499 e. The van der Waals surface area contributed by atoms with Gasteiger partial charge in [-0.25, -0.2) is 0 Å². The first kappa shape index (κ1) is 16.0. The number of methoxy groups -OCH3 is 1. The molecule has 0 fully saturated rings. The van der Waals surface area contributed by atoms with Crippen molar-refractivity contribution in [3.8, 4) is 0 Å². The summed E-state index contributed by atoms with van der Waals surface area (Å²) in [6.07, 6.45) is 3.52. The molecule has 1 aliphatic heterocycles. The Morgan fingerprint density at radius 2 is 2.00 bits per heavy atom. The van der Waals surface area contributed by atoms with Gasteiger partial charge in [0.1, 0.15) is 5.76 Å². The number of rotatable bonds is 4. The minimum Gasteiger partial charge on any atom is -0.499 e. The Morgan fingerprint density at radius 1 is 1.37 bits per heavy atom. The van der Waals surface area contributed by atoms with Gasteiger partial charge in [0.15, 0.2) is 5.78 Å². The first-order valence-electron chi connectivity index (χ1n) is 6.36. The zero-order valence-corrected chi connectivity index (χ0v) is 13.0. The maximum Gasteiger partial charge on any atom is 0.169 e. The van der Waals surface area contributed by atoms with Gasteiger partial charge in [-0.1, -0.05) is 17.7 Å². The van der Waals surface area contributed by atoms with Crippen molar-refractivity contribution in [3.63, 3.8) is 0 Å². The SMILES string of the molecule is COC(=C(C)C)C(C(C)=C(C)Cl)N1CC=CC(=O)C1. The van der Waals surface area contributed by atoms with Crippen LogP contribution in [-0.2, 0) is 9.53 Å². The first-order chi connectivity index (χ1) is 8.88. The molecule has 1 heterocycles. The molecule has 0 amide bonds. The predicted octanol–water partition coefficient (Wildman–Crippen LogP) is 3.27. The van der Waals surface area contributed by atoms with Crippen molar-refractivity contribution in [2.24, 2.45) is 0 Å². The van der Waals surface area contributed by atoms with Crippen molar-refractivity contribution in [1.82, 2.24) is 4.90 Å². The van der Waals surface area contributed by atoms with Crippen LogP contribution in [0.25, 0.3) is 0 Å². The molecule has 19 heavy (non-hydrogen) atoms. The number of hydrogen-bond donors (Lipinski definition) is 0. The van der Waals surface area contributed by atoms with Crippen LogP contribution < -0.4 is 0 Å². The molecule has 0 saturated heterocycles. The molecule has 0 spiro atoms. The van der Waals surface area contributed by atoms with Gasteiger partial charge in [-0.2, -0.15) is 0 Å². The summed E-state index contributed by atoms with van der Waals surface area (Å²) in [5.74, 6) is 0.973. The highest BCUT2D eigenvalue weighted by Gasteiger charge is 2.28. The molecule has 0 radical (unpaired) electrons. The molecule has 1 aliphatic rings. The van der Waals surface area contributed by atoms with Crippen LogP contribution >= 0.6 is 11.6 Å². The maximum absolute atomic E-state index is 11.6. The third kappa shape index (κ3) is 3.95. The molecular weight excluding hydrogens is 262 g/mol. The predicted molar refractivity (Wildman–Crippen MR) is 79.1 cm³/mol. The Balaban J connectivity index is 3.21. The molecule has 0 aromatic carbocycles. The molecule has 0 bridgehead atoms. The zero-order valence-electron chi connectivity index (χ0n) is 12.3. The molecule has 0 aromatic heterocycles. The van der Waals surface area contributed by atoms with Gasteiger partial charge in [-0.15, -0.1) is 0 Å². The van der Waals surface area contributed by atoms with E-state index in [1.807, 2.05) is 33.8 Å². The summed E-state index contributed by atoms with van der Waals surface area (Å²) in [4.78, 5) is 13.7. The van der Waals surface area contributed by atoms with Crippen LogP contribution in [0.2, 0.25) is 0 Å². The minimum absolute atomic E-state index is 0.0820. The van der Waals surface area contributed by atoms with E-state index in [4.69, 9.17) is 16.3 Å². The number of allylic oxidation sites excluding steroid dienone is 2. The van der Waals surface area contributed by atoms with E-state index in [0.717, 1.165) is 28.5 Å². The molecule has 0 saturated carbocycles. The maximum atomic E-state index is 11.6. The van der Waals surface area contributed by atoms with Crippen molar-refractivity contribution in [3.05, 3.63) is 34.1 Å². The van der Waals surface area contributed by atoms with E-state index in [1.54, 1.807) is 13.2 Å². The average molecular weight is 284 g/mol. The normalized spacial score (nSPS) is 18.9. The third-order valence-corrected chi connectivity index (χ3v) is 3.58. The molecule has 106 valence electrons. The van der Waals surface area contributed by atoms with Gasteiger partial charge in [0.25, 0.3) is 0 Å². The molecule has 0 N–H and O–H groups in total. The topological polar surface area (TPSA) is 29.5 Å². The fraction of sp³-hybridized carbons (Fsp3) is 0.533. The highest BCUT2D eigenvalue weighted by Crippen LogP contribution is 2.26. The van der Waals surface area contributed by atoms with Crippen molar-refractivity contribution < 1.29 is 9.53 Å². The Bertz CT molecular complexity index is 441. The van der Waals surface area contributed by atoms with Crippen LogP contribution in [0.3, 0.4) is 0 Å². The van der Waals surface area contributed by atoms with Crippen molar-refractivity contribution in [2.75, 3.05) is 20.2 Å². The lowest BCUT2D eigenvalue weighted by Crippen LogP contribution is -2.43. The number of carbonyl (C=O) groups excluding carboxylic acids is 1. The van der Waals surface area contributed by atoms with Crippen LogP contribution in [0, 0.1) is 0 Å². The van der Waals surface area contributed by atoms with E-state index in [1.165, 1.54) is 0 Å². The number of ketones is 1. The van der Waals surface area contributed by atoms with Gasteiger partial charge in [0.05, 0.1) is 19.7 Å². The molecule has 1 atom stereocenters. The number of halogens is 1. The summed E-state index contributed by atoms with van der Waals surface area (Å²) in [7, 11) is 1.66. The molecule has 0 aromatic rings. The number of carbonyl (C=O) groups is 1. The van der Waals surface area contributed by atoms with Crippen LogP contribution in [0.5, 0.6) is 0 Å². The van der Waals surface area contributed by atoms with Crippen molar-refractivity contribution >= 4 is 17.4 Å². The molecule has 3 nitrogen and oxygen atoms in total. The van der Waals surface area contributed by atoms with Crippen LogP contribution in [0.15, 0.2) is 34.1 Å². The standard InChI is InChI=1S/C15H22ClNO2/c1-10(2)15(19-5)14(11(3)12(4)16)17-8-6-7-13(18)9-17/h6-7,14H,8-9H2,1-5H3. The summed E-state index contributed by atoms with van der Waals surface area (Å²) in [5, 5.41) is 0.739. The summed E-state index contributed by atoms with van der Waals surface area (Å²) in [6, 6.07) is -0.0820. The highest BCUT2D eigenvalue weighted by atomic mass is 35.5. The lowest BCUT2D eigenvalue weighted by atomic mass is 10.00. The quantitative estimate of drug-likeness (QED) is 0.742. The van der Waals surface area contributed by atoms with Gasteiger partial charge in [0.2, 0.25) is 0 Å². The van der Waals surface area contributed by atoms with Gasteiger partial charge in [-0.05, 0) is 44.9 Å². The first-order valence-corrected chi connectivity index (χ1v) is 6.74. The van der Waals surface area contributed by atoms with E-state index in [-0.39, 0.29) is 11.8 Å². The third-order valence-electron chi connectivity index (χ3n) is 3.28. The van der Waals surface area contributed by atoms with Gasteiger partial charge in [0, 0.05) is 11.6 Å². The molecular formula is C15H22ClNO2. The number of nitrogens with zero attached hydrogens (tertiary/aromatic N) is 1. The van der Waals surface area contributed by atoms with Crippen LogP contribution in [0.1, 0.15) is 27.7 Å². The second-order valence-electron chi connectivity index (χ2n) is 4.99. The lowest BCUT2D eigenvalue weighted by molar-refractivity contribution is -0.116. The second-order valence-corrected chi connectivity index (χ2v) is 5.55. The Kier molecular flexibility index (Phi) is 5.83. The molecule has 0 aliphatic carbocycles. The van der Waals surface area contributed by atoms with Crippen LogP contribution in [0.4, 0.5) is 0 Å². The summed E-state index contributed by atoms with van der Waals surface area (Å²) < 4.78 is 5.54. The molecule has 1 unspecified atom stereocenters. The summed E-state index contributed by atoms with van der Waals surface area (Å²) >= 11 is 6.16. The van der Waals surface area contributed by atoms with E-state index in [9.17, 15) is 4.79 Å². The fourth-order valence-corrected chi connectivity index (χ4v) is 2.35. The van der Waals surface area contributed by atoms with Crippen LogP contribution in [-0.4, -0.2) is 36.9 Å². The van der Waals surface area contributed by atoms with Gasteiger partial charge < -0.3 is 4.74 Å². The van der Waals surface area contributed by atoms with Crippen molar-refractivity contribution in [2.45, 2.75) is 33.7 Å². The number of hydrogen-bond acceptors (Lipinski definition) is 3. The van der Waals surface area contributed by atoms with Crippen molar-refractivity contribution in [1.29, 1.82) is 0 Å². The minimum atomic E-state index is -0.0820. The monoisotopic (exact) mass is 283 g/mol. The summed E-state index contributed by atoms with van der Waals surface area (Å²) in [5.41, 5.74) is 2.11. The summed E-state index contributed by atoms with van der Waals surface area (Å²) in [6.45, 7) is 8.97. The van der Waals surface area contributed by atoms with Gasteiger partial charge >= 0.3 is 0 Å². The second kappa shape index (κ2) is 6.92. The highest BCUT2D eigenvalue weighted by molar-refractivity contribution is 6.29. The average Bonchev–Trinajstić information content (AvgIpc) is 2.34. The smallest absolute Gasteiger partial charge is 0.169 e. The Hall–Kier alpha value is -1.06. The Labute approximate surface area is 120 Å². The van der Waals surface area contributed by atoms with E-state index >= 15 is 0 Å². The fourth-order valence-electron chi connectivity index (χ4n) is 2.25. The lowest BCUT2D eigenvalue weighted by Gasteiger charge is -2.34. The Morgan fingerprint density at radius 3 is 2.42 bits per heavy atom. The van der Waals surface area contributed by atoms with Gasteiger partial charge in [-0.3, -0.25) is 9.69 Å². The van der Waals surface area contributed by atoms with E-state index in [2.05, 4.69) is 4.90 Å². The van der Waals surface area contributed by atoms with E-state index in [0.29, 0.717) is 6.54 Å². The molecule has 4 heteroatoms. The number of ether oxygens (including phenoxy) is 1. The van der Waals surface area contributed by atoms with E-state index < -0.39 is 0 Å². The molecule has 1 rings (SSSR count).